The van der Waals surface area contributed by atoms with Gasteiger partial charge in [-0.15, -0.1) is 0 Å². The lowest BCUT2D eigenvalue weighted by Gasteiger charge is -2.50. The molecule has 4 aromatic rings. The first-order valence-corrected chi connectivity index (χ1v) is 46.7. The van der Waals surface area contributed by atoms with E-state index in [0.29, 0.717) is 64.1 Å². The molecule has 0 radical (unpaired) electrons. The average Bonchev–Trinajstić information content (AvgIpc) is 0.781. The number of nitrogens with two attached hydrogens (primary N) is 5. The fraction of sp³-hybridized carbons (Fsp3) is 0.455. The number of nitrogens with zero attached hydrogens (tertiary/aromatic N) is 9. The maximum absolute atomic E-state index is 13.9. The second-order valence-electron chi connectivity index (χ2n) is 40.6. The Labute approximate surface area is 825 Å². The summed E-state index contributed by atoms with van der Waals surface area (Å²) in [5, 5.41) is 181. The highest BCUT2D eigenvalue weighted by Crippen LogP contribution is 2.60. The van der Waals surface area contributed by atoms with Crippen molar-refractivity contribution in [2.24, 2.45) is 97.1 Å². The second kappa shape index (κ2) is 38.3. The Kier molecular flexibility index (Phi) is 28.0. The standard InChI is InChI=1S/C26H31N5O7.C26H31N3O8.C25H30N2O7.C24H28N4O7/c1-30(2)19-13-10-11-9-12-14(29-25(28)31-7-3-4-8-31)5-6-15(32)17(12)20(33)16(11)22(35)26(13,38)23(36)18(21(19)34)24(27)37;1-10(2)37-28-11(3)13-6-7-16(30)18-14(13)8-12-9-15-20(29(4)5)22(32)19(25(27)35)24(34)26(15,36)23(33)17(12)21(18)31;1-10(2)7-11-5-6-15(28)17-13(11)8-12-9-14-19(27(3)4)21(30)18(24(26)33)23(32)25(14,34)22(31)16(12)20(17)29;1-27(2)9-26-13-5-6-14(29)16-11(13)7-10-8-12-18(28(3)4)20(31)17(23(25)34)22(33)24(12,35)21(32)15(10)19(16)30/h5-6,11,13,19,32-33,36,38H,3-4,7-10H2,1-2H3,(H2,27,37)(H2,28,29);6-7,10,12,15,20,30-31,34,36H,8-9H2,1-5H3,(H2,27,35);5-6,10,12,14,19,28-29,32,34H,7-9H2,1-4H3,(H2,26,33);5-6,9-10,12,18,29-30,33,35H,7-8H2,1-4H3,(H2,25,34)/b;28-11-;;/t11-,13-,19+,26-;12-,15-,20-,26-;12-,14-,19-,25-;10-,12-,18+,24-/m0000/s1. The Morgan fingerprint density at radius 3 is 1.01 bits per heavy atom. The number of oxime groups is 1. The van der Waals surface area contributed by atoms with E-state index < -0.39 is 232 Å². The molecule has 1 heterocycles. The number of hydrogen-bond donors (Lipinski definition) is 21. The quantitative estimate of drug-likeness (QED) is 0.0331. The van der Waals surface area contributed by atoms with Crippen LogP contribution in [0.1, 0.15) is 129 Å². The molecule has 17 rings (SSSR count). The molecule has 1 aliphatic heterocycles. The molecule has 12 aliphatic carbocycles. The fourth-order valence-corrected chi connectivity index (χ4v) is 23.8. The van der Waals surface area contributed by atoms with Crippen molar-refractivity contribution < 1.29 is 144 Å². The van der Waals surface area contributed by atoms with E-state index >= 15 is 0 Å². The first-order chi connectivity index (χ1) is 67.2. The van der Waals surface area contributed by atoms with Gasteiger partial charge in [-0.2, -0.15) is 0 Å². The molecule has 26 N–H and O–H groups in total. The predicted octanol–water partition coefficient (Wildman–Crippen LogP) is 2.47. The molecule has 0 bridgehead atoms. The minimum absolute atomic E-state index is 0.00613. The van der Waals surface area contributed by atoms with Gasteiger partial charge in [0, 0.05) is 78.7 Å². The molecule has 4 aromatic carbocycles. The highest BCUT2D eigenvalue weighted by atomic mass is 16.6. The van der Waals surface area contributed by atoms with Gasteiger partial charge in [0.15, 0.2) is 51.5 Å². The molecule has 1 saturated heterocycles. The van der Waals surface area contributed by atoms with Gasteiger partial charge in [-0.25, -0.2) is 9.98 Å². The number of aliphatic hydroxyl groups excluding tert-OH is 8. The molecule has 0 spiro atoms. The second-order valence-corrected chi connectivity index (χ2v) is 40.6. The van der Waals surface area contributed by atoms with Crippen molar-refractivity contribution in [1.29, 1.82) is 0 Å². The number of amides is 4. The van der Waals surface area contributed by atoms with Crippen LogP contribution in [0, 0.1) is 53.3 Å². The first kappa shape index (κ1) is 105. The number of phenols is 4. The number of aliphatic hydroxyl groups is 12. The summed E-state index contributed by atoms with van der Waals surface area (Å²) in [6, 6.07) is 7.61. The van der Waals surface area contributed by atoms with Crippen LogP contribution in [0.4, 0.5) is 11.4 Å². The molecule has 13 aliphatic rings. The number of Topliss-reactive ketones (excluding diaryl/α,β-unsaturated/α-hetero) is 8. The van der Waals surface area contributed by atoms with E-state index in [1.165, 1.54) is 43.9 Å². The van der Waals surface area contributed by atoms with Crippen LogP contribution in [0.2, 0.25) is 0 Å². The molecule has 4 amide bonds. The highest BCUT2D eigenvalue weighted by molar-refractivity contribution is 6.28. The highest BCUT2D eigenvalue weighted by Gasteiger charge is 2.70. The normalized spacial score (nSPS) is 28.7. The summed E-state index contributed by atoms with van der Waals surface area (Å²) in [6.45, 7) is 11.0. The van der Waals surface area contributed by atoms with Crippen LogP contribution in [0.15, 0.2) is 131 Å². The number of aromatic hydroxyl groups is 4. The van der Waals surface area contributed by atoms with Crippen LogP contribution < -0.4 is 28.7 Å². The van der Waals surface area contributed by atoms with Gasteiger partial charge in [-0.3, -0.25) is 77.1 Å². The summed E-state index contributed by atoms with van der Waals surface area (Å²) >= 11 is 0. The third-order valence-corrected chi connectivity index (χ3v) is 30.0. The zero-order valence-corrected chi connectivity index (χ0v) is 81.8. The number of rotatable bonds is 16. The van der Waals surface area contributed by atoms with E-state index in [1.54, 1.807) is 113 Å². The Morgan fingerprint density at radius 2 is 0.701 bits per heavy atom. The number of ketones is 8. The lowest BCUT2D eigenvalue weighted by Crippen LogP contribution is -2.65. The number of phenolic OH excluding ortho intramolecular Hbond substituents is 4. The maximum Gasteiger partial charge on any atom is 0.255 e. The van der Waals surface area contributed by atoms with E-state index in [1.807, 2.05) is 32.6 Å². The molecule has 43 nitrogen and oxygen atoms in total. The number of aliphatic imine (C=N–C) groups is 2. The van der Waals surface area contributed by atoms with Crippen molar-refractivity contribution in [3.8, 4) is 23.0 Å². The number of carbonyl (C=O) groups excluding carboxylic acids is 12. The van der Waals surface area contributed by atoms with Crippen molar-refractivity contribution in [2.45, 2.75) is 158 Å². The largest absolute Gasteiger partial charge is 0.508 e. The zero-order valence-electron chi connectivity index (χ0n) is 81.8. The number of primary amides is 4. The summed E-state index contributed by atoms with van der Waals surface area (Å²) in [5.41, 5.74) is 18.1. The lowest BCUT2D eigenvalue weighted by molar-refractivity contribution is -0.155. The predicted molar refractivity (Wildman–Crippen MR) is 518 cm³/mol. The van der Waals surface area contributed by atoms with Gasteiger partial charge in [-0.1, -0.05) is 25.1 Å². The maximum atomic E-state index is 13.9. The van der Waals surface area contributed by atoms with Gasteiger partial charge < -0.3 is 125 Å². The SMILES string of the molecule is C/C(=N/OC(C)C)c1ccc(O)c2c1C[C@H]1C[C@H]3[C@H](N(C)C)C(=O)C(C(N)=O)=C(O)[C@@]3(O)C(=O)C1=C2O.CC(C)Cc1ccc(O)c2c1C[C@H]1C[C@H]3[C@H](N(C)C)C(=O)C(C(N)=O)=C(O)[C@@]3(O)C(=O)C1=C2O.CN(C)C=Nc1ccc(O)c2c1C[C@H]1C[C@H]3[C@@H](N(C)C)C(=O)C(C(N)=O)=C(O)[C@@]3(O)C(=O)C1=C2O.CN(C)[C@H]1C(=O)C(C(N)=O)=C(O)[C@@]2(O)C(=O)C3=C(O)c4c(O)ccc(N=C(N)N5CCCC5)c4C[C@H]3C[C@@H]12. The van der Waals surface area contributed by atoms with Crippen molar-refractivity contribution in [2.75, 3.05) is 83.6 Å². The molecule has 0 aromatic heterocycles. The lowest BCUT2D eigenvalue weighted by atomic mass is 9.57. The molecule has 0 unspecified atom stereocenters. The minimum atomic E-state index is -2.67. The molecule has 768 valence electrons. The van der Waals surface area contributed by atoms with Crippen LogP contribution in [0.5, 0.6) is 23.0 Å². The number of hydrogen-bond acceptors (Lipinski definition) is 36. The number of likely N-dealkylation sites (tertiary alicyclic amines) is 1. The van der Waals surface area contributed by atoms with Crippen molar-refractivity contribution in [3.63, 3.8) is 0 Å². The summed E-state index contributed by atoms with van der Waals surface area (Å²) in [5.74, 6) is -26.3. The summed E-state index contributed by atoms with van der Waals surface area (Å²) < 4.78 is 0. The van der Waals surface area contributed by atoms with Crippen LogP contribution in [-0.4, -0.2) is 335 Å². The third-order valence-electron chi connectivity index (χ3n) is 30.0. The molecule has 5 fully saturated rings. The Morgan fingerprint density at radius 1 is 0.417 bits per heavy atom. The molecular weight excluding hydrogens is 1870 g/mol. The number of benzene rings is 4. The molecule has 43 heteroatoms. The third kappa shape index (κ3) is 16.6. The Hall–Kier alpha value is -14.5. The monoisotopic (exact) mass is 1990 g/mol. The Balaban J connectivity index is 0.000000152. The van der Waals surface area contributed by atoms with Crippen molar-refractivity contribution in [3.05, 3.63) is 172 Å². The van der Waals surface area contributed by atoms with Crippen molar-refractivity contribution in [1.82, 2.24) is 29.4 Å². The van der Waals surface area contributed by atoms with E-state index in [0.717, 1.165) is 37.1 Å². The molecule has 144 heavy (non-hydrogen) atoms. The summed E-state index contributed by atoms with van der Waals surface area (Å²) in [6.07, 6.45) is 5.02. The van der Waals surface area contributed by atoms with Gasteiger partial charge in [0.2, 0.25) is 23.1 Å². The van der Waals surface area contributed by atoms with Gasteiger partial charge in [0.1, 0.15) is 97.5 Å². The number of carbonyl (C=O) groups is 12. The van der Waals surface area contributed by atoms with Crippen molar-refractivity contribution >= 4 is 122 Å². The van der Waals surface area contributed by atoms with E-state index in [9.17, 15) is 139 Å². The topological polar surface area (TPSA) is 724 Å². The zero-order chi connectivity index (χ0) is 106. The smallest absolute Gasteiger partial charge is 0.255 e. The van der Waals surface area contributed by atoms with Crippen LogP contribution in [0.25, 0.3) is 23.0 Å². The number of fused-ring (bicyclic) bond motifs is 12. The van der Waals surface area contributed by atoms with E-state index in [-0.39, 0.29) is 119 Å². The molecule has 16 atom stereocenters. The number of guanidine groups is 1. The van der Waals surface area contributed by atoms with Crippen LogP contribution >= 0.6 is 0 Å². The minimum Gasteiger partial charge on any atom is -0.508 e. The summed E-state index contributed by atoms with van der Waals surface area (Å²) in [4.78, 5) is 180. The molecular formula is C101H120N14O29. The first-order valence-electron chi connectivity index (χ1n) is 46.7. The van der Waals surface area contributed by atoms with Crippen LogP contribution in [0.3, 0.4) is 0 Å². The average molecular weight is 1990 g/mol. The van der Waals surface area contributed by atoms with Crippen LogP contribution in [-0.2, 0) is 94.5 Å². The number of likely N-dealkylation sites (N-methyl/N-ethyl adjacent to an activating group) is 4. The van der Waals surface area contributed by atoms with E-state index in [4.69, 9.17) is 33.5 Å². The Bertz CT molecular complexity index is 6650. The molecule has 4 saturated carbocycles. The fourth-order valence-electron chi connectivity index (χ4n) is 23.8. The van der Waals surface area contributed by atoms with E-state index in [2.05, 4.69) is 15.1 Å². The van der Waals surface area contributed by atoms with Gasteiger partial charge >= 0.3 is 0 Å². The summed E-state index contributed by atoms with van der Waals surface area (Å²) in [7, 11) is 16.1. The van der Waals surface area contributed by atoms with Gasteiger partial charge in [0.05, 0.1) is 69.8 Å². The van der Waals surface area contributed by atoms with Gasteiger partial charge in [-0.05, 0) is 248 Å². The van der Waals surface area contributed by atoms with Gasteiger partial charge in [0.25, 0.3) is 23.6 Å².